The SMILES string of the molecule is CN(C)c1ccc(NC(=O)CC(C)(C)C)cc1CN(Cc1cccc(F)c1)C(=O)c1ccco1. The molecule has 0 saturated heterocycles. The first-order valence-corrected chi connectivity index (χ1v) is 11.2. The van der Waals surface area contributed by atoms with Crippen molar-refractivity contribution in [1.82, 2.24) is 4.90 Å². The predicted molar refractivity (Wildman–Crippen MR) is 132 cm³/mol. The molecule has 0 atom stereocenters. The van der Waals surface area contributed by atoms with E-state index in [1.165, 1.54) is 18.4 Å². The monoisotopic (exact) mass is 465 g/mol. The van der Waals surface area contributed by atoms with Crippen LogP contribution in [0.5, 0.6) is 0 Å². The zero-order valence-corrected chi connectivity index (χ0v) is 20.4. The van der Waals surface area contributed by atoms with E-state index < -0.39 is 0 Å². The standard InChI is InChI=1S/C27H32FN3O3/c1-27(2,3)16-25(32)29-22-11-12-23(30(4)5)20(15-22)18-31(26(33)24-10-7-13-34-24)17-19-8-6-9-21(28)14-19/h6-15H,16-18H2,1-5H3,(H,29,32). The van der Waals surface area contributed by atoms with Crippen LogP contribution in [0.2, 0.25) is 0 Å². The van der Waals surface area contributed by atoms with Crippen molar-refractivity contribution in [1.29, 1.82) is 0 Å². The third-order valence-corrected chi connectivity index (χ3v) is 5.18. The van der Waals surface area contributed by atoms with Gasteiger partial charge < -0.3 is 19.5 Å². The number of amides is 2. The molecule has 34 heavy (non-hydrogen) atoms. The summed E-state index contributed by atoms with van der Waals surface area (Å²) in [5.41, 5.74) is 2.94. The number of carbonyl (C=O) groups excluding carboxylic acids is 2. The van der Waals surface area contributed by atoms with Crippen LogP contribution < -0.4 is 10.2 Å². The minimum Gasteiger partial charge on any atom is -0.459 e. The smallest absolute Gasteiger partial charge is 0.290 e. The first-order valence-electron chi connectivity index (χ1n) is 11.2. The summed E-state index contributed by atoms with van der Waals surface area (Å²) in [6.45, 7) is 6.48. The first-order chi connectivity index (χ1) is 16.0. The second kappa shape index (κ2) is 10.5. The van der Waals surface area contributed by atoms with E-state index in [0.717, 1.165) is 11.3 Å². The largest absolute Gasteiger partial charge is 0.459 e. The lowest BCUT2D eigenvalue weighted by molar-refractivity contribution is -0.117. The minimum atomic E-state index is -0.361. The van der Waals surface area contributed by atoms with Gasteiger partial charge in [-0.2, -0.15) is 0 Å². The van der Waals surface area contributed by atoms with Crippen LogP contribution in [0.25, 0.3) is 0 Å². The van der Waals surface area contributed by atoms with Crippen molar-refractivity contribution in [2.75, 3.05) is 24.3 Å². The predicted octanol–water partition coefficient (Wildman–Crippen LogP) is 5.70. The van der Waals surface area contributed by atoms with Gasteiger partial charge >= 0.3 is 0 Å². The summed E-state index contributed by atoms with van der Waals surface area (Å²) in [5.74, 6) is -0.529. The van der Waals surface area contributed by atoms with E-state index in [4.69, 9.17) is 4.42 Å². The summed E-state index contributed by atoms with van der Waals surface area (Å²) in [6.07, 6.45) is 1.84. The molecule has 2 amide bonds. The Morgan fingerprint density at radius 1 is 1.00 bits per heavy atom. The van der Waals surface area contributed by atoms with E-state index >= 15 is 0 Å². The summed E-state index contributed by atoms with van der Waals surface area (Å²) in [4.78, 5) is 29.3. The Hall–Kier alpha value is -3.61. The Kier molecular flexibility index (Phi) is 7.76. The lowest BCUT2D eigenvalue weighted by Crippen LogP contribution is -2.30. The van der Waals surface area contributed by atoms with Crippen molar-refractivity contribution < 1.29 is 18.4 Å². The number of furan rings is 1. The summed E-state index contributed by atoms with van der Waals surface area (Å²) < 4.78 is 19.2. The van der Waals surface area contributed by atoms with Gasteiger partial charge in [-0.25, -0.2) is 4.39 Å². The Bertz CT molecular complexity index is 1130. The van der Waals surface area contributed by atoms with Crippen LogP contribution in [0.1, 0.15) is 48.9 Å². The van der Waals surface area contributed by atoms with Gasteiger partial charge in [0.2, 0.25) is 5.91 Å². The number of rotatable bonds is 8. The van der Waals surface area contributed by atoms with Crippen LogP contribution in [0.15, 0.2) is 65.3 Å². The molecule has 0 unspecified atom stereocenters. The molecule has 0 spiro atoms. The van der Waals surface area contributed by atoms with Gasteiger partial charge in [-0.15, -0.1) is 0 Å². The summed E-state index contributed by atoms with van der Waals surface area (Å²) in [6, 6.07) is 15.1. The molecule has 0 aliphatic heterocycles. The molecule has 0 fully saturated rings. The summed E-state index contributed by atoms with van der Waals surface area (Å²) in [7, 11) is 3.84. The molecule has 0 aliphatic rings. The third kappa shape index (κ3) is 6.94. The van der Waals surface area contributed by atoms with E-state index in [-0.39, 0.29) is 41.9 Å². The van der Waals surface area contributed by atoms with E-state index in [1.54, 1.807) is 29.2 Å². The maximum atomic E-state index is 13.8. The number of anilines is 2. The van der Waals surface area contributed by atoms with Gasteiger partial charge in [-0.1, -0.05) is 32.9 Å². The second-order valence-electron chi connectivity index (χ2n) is 9.79. The Morgan fingerprint density at radius 2 is 1.76 bits per heavy atom. The van der Waals surface area contributed by atoms with Crippen molar-refractivity contribution in [3.05, 3.63) is 83.6 Å². The van der Waals surface area contributed by atoms with Crippen LogP contribution in [0.3, 0.4) is 0 Å². The van der Waals surface area contributed by atoms with Crippen LogP contribution in [0, 0.1) is 11.2 Å². The molecule has 0 radical (unpaired) electrons. The third-order valence-electron chi connectivity index (χ3n) is 5.18. The fourth-order valence-corrected chi connectivity index (χ4v) is 3.73. The molecule has 6 nitrogen and oxygen atoms in total. The number of halogens is 1. The molecule has 3 rings (SSSR count). The van der Waals surface area contributed by atoms with Crippen molar-refractivity contribution in [3.63, 3.8) is 0 Å². The molecule has 0 saturated carbocycles. The highest BCUT2D eigenvalue weighted by atomic mass is 19.1. The number of nitrogens with one attached hydrogen (secondary N) is 1. The van der Waals surface area contributed by atoms with E-state index in [0.29, 0.717) is 17.7 Å². The Morgan fingerprint density at radius 3 is 2.38 bits per heavy atom. The number of hydrogen-bond acceptors (Lipinski definition) is 4. The highest BCUT2D eigenvalue weighted by Gasteiger charge is 2.22. The van der Waals surface area contributed by atoms with Gasteiger partial charge in [-0.3, -0.25) is 9.59 Å². The van der Waals surface area contributed by atoms with E-state index in [9.17, 15) is 14.0 Å². The van der Waals surface area contributed by atoms with Crippen molar-refractivity contribution in [2.24, 2.45) is 5.41 Å². The number of nitrogens with zero attached hydrogens (tertiary/aromatic N) is 2. The maximum Gasteiger partial charge on any atom is 0.290 e. The van der Waals surface area contributed by atoms with E-state index in [2.05, 4.69) is 5.32 Å². The molecular weight excluding hydrogens is 433 g/mol. The zero-order chi connectivity index (χ0) is 24.9. The molecule has 0 bridgehead atoms. The van der Waals surface area contributed by atoms with Gasteiger partial charge in [0.25, 0.3) is 5.91 Å². The van der Waals surface area contributed by atoms with Gasteiger partial charge in [0, 0.05) is 45.0 Å². The normalized spacial score (nSPS) is 11.2. The molecule has 7 heteroatoms. The highest BCUT2D eigenvalue weighted by Crippen LogP contribution is 2.27. The number of hydrogen-bond donors (Lipinski definition) is 1. The highest BCUT2D eigenvalue weighted by molar-refractivity contribution is 5.92. The fourth-order valence-electron chi connectivity index (χ4n) is 3.73. The number of carbonyl (C=O) groups is 2. The average Bonchev–Trinajstić information content (AvgIpc) is 3.26. The minimum absolute atomic E-state index is 0.0701. The van der Waals surface area contributed by atoms with Crippen LogP contribution in [-0.2, 0) is 17.9 Å². The van der Waals surface area contributed by atoms with Gasteiger partial charge in [-0.05, 0) is 59.0 Å². The molecule has 1 heterocycles. The molecule has 0 aliphatic carbocycles. The molecule has 1 N–H and O–H groups in total. The molecule has 180 valence electrons. The molecule has 3 aromatic rings. The number of benzene rings is 2. The molecule has 1 aromatic heterocycles. The lowest BCUT2D eigenvalue weighted by atomic mass is 9.92. The first kappa shape index (κ1) is 25.0. The van der Waals surface area contributed by atoms with Crippen molar-refractivity contribution >= 4 is 23.2 Å². The summed E-state index contributed by atoms with van der Waals surface area (Å²) >= 11 is 0. The maximum absolute atomic E-state index is 13.8. The second-order valence-corrected chi connectivity index (χ2v) is 9.79. The van der Waals surface area contributed by atoms with Crippen molar-refractivity contribution in [3.8, 4) is 0 Å². The molecule has 2 aromatic carbocycles. The quantitative estimate of drug-likeness (QED) is 0.463. The van der Waals surface area contributed by atoms with Crippen LogP contribution in [-0.4, -0.2) is 30.8 Å². The van der Waals surface area contributed by atoms with Gasteiger partial charge in [0.1, 0.15) is 5.82 Å². The van der Waals surface area contributed by atoms with Crippen LogP contribution in [0.4, 0.5) is 15.8 Å². The summed E-state index contributed by atoms with van der Waals surface area (Å²) in [5, 5.41) is 2.96. The van der Waals surface area contributed by atoms with Crippen molar-refractivity contribution in [2.45, 2.75) is 40.3 Å². The fraction of sp³-hybridized carbons (Fsp3) is 0.333. The Balaban J connectivity index is 1.92. The van der Waals surface area contributed by atoms with Crippen LogP contribution >= 0.6 is 0 Å². The topological polar surface area (TPSA) is 65.8 Å². The lowest BCUT2D eigenvalue weighted by Gasteiger charge is -2.26. The average molecular weight is 466 g/mol. The Labute approximate surface area is 200 Å². The van der Waals surface area contributed by atoms with Gasteiger partial charge in [0.05, 0.1) is 6.26 Å². The molecular formula is C27H32FN3O3. The van der Waals surface area contributed by atoms with E-state index in [1.807, 2.05) is 58.0 Å². The van der Waals surface area contributed by atoms with Gasteiger partial charge in [0.15, 0.2) is 5.76 Å². The zero-order valence-electron chi connectivity index (χ0n) is 20.4.